The summed E-state index contributed by atoms with van der Waals surface area (Å²) >= 11 is 0. The van der Waals surface area contributed by atoms with Gasteiger partial charge in [0, 0.05) is 24.0 Å². The average molecular weight is 264 g/mol. The number of nitrogens with two attached hydrogens (primary N) is 1. The summed E-state index contributed by atoms with van der Waals surface area (Å²) in [5, 5.41) is 3.81. The van der Waals surface area contributed by atoms with Gasteiger partial charge in [-0.15, -0.1) is 0 Å². The van der Waals surface area contributed by atoms with Crippen molar-refractivity contribution in [3.63, 3.8) is 0 Å². The van der Waals surface area contributed by atoms with Crippen LogP contribution in [-0.2, 0) is 0 Å². The van der Waals surface area contributed by atoms with E-state index in [0.29, 0.717) is 18.0 Å². The molecule has 2 aliphatic rings. The highest BCUT2D eigenvalue weighted by atomic mass is 15.0. The van der Waals surface area contributed by atoms with Crippen molar-refractivity contribution in [2.45, 2.75) is 36.9 Å². The molecule has 0 aliphatic heterocycles. The van der Waals surface area contributed by atoms with Crippen LogP contribution in [0.2, 0.25) is 0 Å². The molecule has 20 heavy (non-hydrogen) atoms. The highest BCUT2D eigenvalue weighted by Crippen LogP contribution is 2.45. The molecule has 2 aliphatic carbocycles. The van der Waals surface area contributed by atoms with E-state index < -0.39 is 0 Å². The Labute approximate surface area is 120 Å². The van der Waals surface area contributed by atoms with Gasteiger partial charge in [0.2, 0.25) is 0 Å². The number of hydrogen-bond acceptors (Lipinski definition) is 2. The molecule has 2 aromatic rings. The molecule has 1 fully saturated rings. The Bertz CT molecular complexity index is 608. The lowest BCUT2D eigenvalue weighted by Gasteiger charge is -2.14. The molecule has 1 saturated carbocycles. The second-order valence-electron chi connectivity index (χ2n) is 6.05. The van der Waals surface area contributed by atoms with E-state index in [2.05, 4.69) is 59.9 Å². The van der Waals surface area contributed by atoms with Crippen LogP contribution in [0.1, 0.15) is 47.5 Å². The summed E-state index contributed by atoms with van der Waals surface area (Å²) in [6.07, 6.45) is 2.27. The fourth-order valence-corrected chi connectivity index (χ4v) is 3.54. The molecule has 4 rings (SSSR count). The van der Waals surface area contributed by atoms with Crippen LogP contribution in [0.3, 0.4) is 0 Å². The first-order valence-electron chi connectivity index (χ1n) is 7.48. The van der Waals surface area contributed by atoms with Crippen molar-refractivity contribution < 1.29 is 0 Å². The predicted octanol–water partition coefficient (Wildman–Crippen LogP) is 3.28. The molecule has 4 unspecified atom stereocenters. The van der Waals surface area contributed by atoms with E-state index in [0.717, 1.165) is 6.42 Å². The lowest BCUT2D eigenvalue weighted by molar-refractivity contribution is 0.492. The van der Waals surface area contributed by atoms with E-state index in [9.17, 15) is 0 Å². The molecular formula is C18H20N2. The van der Waals surface area contributed by atoms with Gasteiger partial charge in [-0.2, -0.15) is 0 Å². The number of hydrogen-bond donors (Lipinski definition) is 2. The Hall–Kier alpha value is -1.64. The van der Waals surface area contributed by atoms with Crippen molar-refractivity contribution >= 4 is 0 Å². The molecule has 4 atom stereocenters. The zero-order chi connectivity index (χ0) is 13.5. The fraction of sp³-hybridized carbons (Fsp3) is 0.333. The molecular weight excluding hydrogens is 244 g/mol. The van der Waals surface area contributed by atoms with Gasteiger partial charge in [0.05, 0.1) is 0 Å². The van der Waals surface area contributed by atoms with Crippen LogP contribution in [0, 0.1) is 0 Å². The van der Waals surface area contributed by atoms with Gasteiger partial charge < -0.3 is 11.1 Å². The third kappa shape index (κ3) is 2.05. The Morgan fingerprint density at radius 3 is 2.35 bits per heavy atom. The quantitative estimate of drug-likeness (QED) is 0.893. The van der Waals surface area contributed by atoms with Crippen LogP contribution >= 0.6 is 0 Å². The monoisotopic (exact) mass is 264 g/mol. The van der Waals surface area contributed by atoms with Crippen LogP contribution in [-0.4, -0.2) is 6.04 Å². The molecule has 2 aromatic carbocycles. The van der Waals surface area contributed by atoms with Crippen LogP contribution in [0.5, 0.6) is 0 Å². The largest absolute Gasteiger partial charge is 0.324 e. The summed E-state index contributed by atoms with van der Waals surface area (Å²) in [7, 11) is 0. The Kier molecular flexibility index (Phi) is 2.86. The molecule has 0 heterocycles. The van der Waals surface area contributed by atoms with Gasteiger partial charge >= 0.3 is 0 Å². The molecule has 3 N–H and O–H groups in total. The normalized spacial score (nSPS) is 31.1. The van der Waals surface area contributed by atoms with Crippen molar-refractivity contribution in [2.75, 3.05) is 0 Å². The van der Waals surface area contributed by atoms with E-state index in [4.69, 9.17) is 5.73 Å². The van der Waals surface area contributed by atoms with Crippen LogP contribution < -0.4 is 11.1 Å². The summed E-state index contributed by atoms with van der Waals surface area (Å²) in [4.78, 5) is 0. The molecule has 2 nitrogen and oxygen atoms in total. The molecule has 0 amide bonds. The summed E-state index contributed by atoms with van der Waals surface area (Å²) < 4.78 is 0. The maximum Gasteiger partial charge on any atom is 0.0344 e. The third-order valence-corrected chi connectivity index (χ3v) is 4.69. The molecule has 0 bridgehead atoms. The van der Waals surface area contributed by atoms with E-state index >= 15 is 0 Å². The van der Waals surface area contributed by atoms with Gasteiger partial charge in [0.1, 0.15) is 0 Å². The van der Waals surface area contributed by atoms with Gasteiger partial charge in [0.15, 0.2) is 0 Å². The SMILES string of the molecule is NC1CC(NC2CC2c2ccccc2)c2ccccc21. The van der Waals surface area contributed by atoms with Crippen LogP contribution in [0.25, 0.3) is 0 Å². The lowest BCUT2D eigenvalue weighted by Crippen LogP contribution is -2.23. The van der Waals surface area contributed by atoms with Crippen molar-refractivity contribution in [3.8, 4) is 0 Å². The minimum atomic E-state index is 0.192. The fourth-order valence-electron chi connectivity index (χ4n) is 3.54. The Morgan fingerprint density at radius 2 is 1.55 bits per heavy atom. The molecule has 0 aromatic heterocycles. The van der Waals surface area contributed by atoms with E-state index in [1.54, 1.807) is 0 Å². The van der Waals surface area contributed by atoms with Gasteiger partial charge in [-0.1, -0.05) is 54.6 Å². The summed E-state index contributed by atoms with van der Waals surface area (Å²) in [6.45, 7) is 0. The van der Waals surface area contributed by atoms with Gasteiger partial charge in [-0.3, -0.25) is 0 Å². The van der Waals surface area contributed by atoms with Gasteiger partial charge in [-0.05, 0) is 29.5 Å². The standard InChI is InChI=1S/C18H20N2/c19-16-11-18(14-9-5-4-8-13(14)16)20-17-10-15(17)12-6-2-1-3-7-12/h1-9,15-18,20H,10-11,19H2. The second kappa shape index (κ2) is 4.72. The number of rotatable bonds is 3. The predicted molar refractivity (Wildman–Crippen MR) is 81.5 cm³/mol. The van der Waals surface area contributed by atoms with Gasteiger partial charge in [0.25, 0.3) is 0 Å². The van der Waals surface area contributed by atoms with Gasteiger partial charge in [-0.25, -0.2) is 0 Å². The lowest BCUT2D eigenvalue weighted by atomic mass is 10.1. The van der Waals surface area contributed by atoms with Crippen molar-refractivity contribution in [2.24, 2.45) is 5.73 Å². The number of nitrogens with one attached hydrogen (secondary N) is 1. The molecule has 0 spiro atoms. The van der Waals surface area contributed by atoms with Crippen molar-refractivity contribution in [1.29, 1.82) is 0 Å². The summed E-state index contributed by atoms with van der Waals surface area (Å²) in [6, 6.07) is 20.7. The first-order valence-corrected chi connectivity index (χ1v) is 7.48. The van der Waals surface area contributed by atoms with E-state index in [1.165, 1.54) is 23.1 Å². The Balaban J connectivity index is 1.47. The highest BCUT2D eigenvalue weighted by Gasteiger charge is 2.41. The van der Waals surface area contributed by atoms with Crippen LogP contribution in [0.15, 0.2) is 54.6 Å². The summed E-state index contributed by atoms with van der Waals surface area (Å²) in [5.74, 6) is 0.681. The Morgan fingerprint density at radius 1 is 0.850 bits per heavy atom. The molecule has 0 saturated heterocycles. The maximum atomic E-state index is 6.24. The number of benzene rings is 2. The third-order valence-electron chi connectivity index (χ3n) is 4.69. The number of fused-ring (bicyclic) bond motifs is 1. The second-order valence-corrected chi connectivity index (χ2v) is 6.05. The maximum absolute atomic E-state index is 6.24. The molecule has 2 heteroatoms. The molecule has 102 valence electrons. The highest BCUT2D eigenvalue weighted by molar-refractivity contribution is 5.38. The van der Waals surface area contributed by atoms with Crippen molar-refractivity contribution in [3.05, 3.63) is 71.3 Å². The minimum absolute atomic E-state index is 0.192. The minimum Gasteiger partial charge on any atom is -0.324 e. The first-order chi connectivity index (χ1) is 9.83. The van der Waals surface area contributed by atoms with Crippen molar-refractivity contribution in [1.82, 2.24) is 5.32 Å². The molecule has 0 radical (unpaired) electrons. The average Bonchev–Trinajstić information content (AvgIpc) is 3.19. The first kappa shape index (κ1) is 12.1. The van der Waals surface area contributed by atoms with Crippen LogP contribution in [0.4, 0.5) is 0 Å². The zero-order valence-corrected chi connectivity index (χ0v) is 11.5. The topological polar surface area (TPSA) is 38.0 Å². The zero-order valence-electron chi connectivity index (χ0n) is 11.5. The summed E-state index contributed by atoms with van der Waals surface area (Å²) in [5.41, 5.74) is 10.4. The van der Waals surface area contributed by atoms with E-state index in [-0.39, 0.29) is 6.04 Å². The van der Waals surface area contributed by atoms with E-state index in [1.807, 2.05) is 0 Å². The smallest absolute Gasteiger partial charge is 0.0344 e.